The van der Waals surface area contributed by atoms with E-state index >= 15 is 0 Å². The first-order valence-corrected chi connectivity index (χ1v) is 8.11. The second kappa shape index (κ2) is 7.06. The van der Waals surface area contributed by atoms with Crippen LogP contribution in [0.4, 0.5) is 5.82 Å². The summed E-state index contributed by atoms with van der Waals surface area (Å²) >= 11 is 11.6. The van der Waals surface area contributed by atoms with Crippen LogP contribution in [0, 0.1) is 0 Å². The zero-order valence-electron chi connectivity index (χ0n) is 11.6. The average Bonchev–Trinajstić information content (AvgIpc) is 2.41. The van der Waals surface area contributed by atoms with Crippen molar-refractivity contribution in [3.63, 3.8) is 0 Å². The van der Waals surface area contributed by atoms with Gasteiger partial charge in [0.25, 0.3) is 0 Å². The zero-order valence-corrected chi connectivity index (χ0v) is 14.0. The Morgan fingerprint density at radius 3 is 2.62 bits per heavy atom. The van der Waals surface area contributed by atoms with Gasteiger partial charge in [-0.3, -0.25) is 4.99 Å². The van der Waals surface area contributed by atoms with Crippen LogP contribution in [0.2, 0.25) is 10.3 Å². The number of aromatic nitrogens is 2. The van der Waals surface area contributed by atoms with Crippen molar-refractivity contribution in [1.29, 1.82) is 0 Å². The van der Waals surface area contributed by atoms with E-state index in [-0.39, 0.29) is 26.9 Å². The average molecular weight is 352 g/mol. The molecule has 1 aromatic heterocycles. The number of halogens is 2. The molecule has 0 bridgehead atoms. The Bertz CT molecular complexity index is 686. The van der Waals surface area contributed by atoms with Gasteiger partial charge in [-0.05, 0) is 25.4 Å². The summed E-state index contributed by atoms with van der Waals surface area (Å²) in [7, 11) is -2.18. The lowest BCUT2D eigenvalue weighted by Gasteiger charge is -2.13. The van der Waals surface area contributed by atoms with Gasteiger partial charge in [-0.25, -0.2) is 13.4 Å². The van der Waals surface area contributed by atoms with Crippen LogP contribution in [0.3, 0.4) is 0 Å². The van der Waals surface area contributed by atoms with E-state index in [0.29, 0.717) is 0 Å². The fourth-order valence-electron chi connectivity index (χ4n) is 1.25. The molecule has 0 radical (unpaired) electrons. The molecular weight excluding hydrogens is 337 g/mol. The van der Waals surface area contributed by atoms with E-state index in [2.05, 4.69) is 20.3 Å². The highest BCUT2D eigenvalue weighted by atomic mass is 35.5. The van der Waals surface area contributed by atoms with E-state index < -0.39 is 15.1 Å². The Hall–Kier alpha value is -1.38. The summed E-state index contributed by atoms with van der Waals surface area (Å²) in [4.78, 5) is 11.3. The number of sulfone groups is 1. The lowest BCUT2D eigenvalue weighted by Crippen LogP contribution is -2.25. The Morgan fingerprint density at radius 1 is 1.48 bits per heavy atom. The van der Waals surface area contributed by atoms with Crippen molar-refractivity contribution in [3.8, 4) is 0 Å². The van der Waals surface area contributed by atoms with Crippen molar-refractivity contribution in [2.24, 2.45) is 10.7 Å². The van der Waals surface area contributed by atoms with Crippen molar-refractivity contribution in [1.82, 2.24) is 9.97 Å². The van der Waals surface area contributed by atoms with Crippen LogP contribution in [0.5, 0.6) is 0 Å². The fourth-order valence-corrected chi connectivity index (χ4v) is 2.44. The molecule has 116 valence electrons. The number of aliphatic imine (C=N–C) groups is 1. The summed E-state index contributed by atoms with van der Waals surface area (Å²) in [5.74, 6) is 0.133. The summed E-state index contributed by atoms with van der Waals surface area (Å²) in [5.41, 5.74) is 5.80. The Labute approximate surface area is 133 Å². The Balaban J connectivity index is 3.35. The van der Waals surface area contributed by atoms with Crippen LogP contribution >= 0.6 is 23.2 Å². The van der Waals surface area contributed by atoms with Gasteiger partial charge in [0.1, 0.15) is 5.02 Å². The predicted molar refractivity (Wildman–Crippen MR) is 85.4 cm³/mol. The monoisotopic (exact) mass is 351 g/mol. The Kier molecular flexibility index (Phi) is 5.94. The van der Waals surface area contributed by atoms with Gasteiger partial charge in [0.2, 0.25) is 5.28 Å². The highest BCUT2D eigenvalue weighted by molar-refractivity contribution is 7.95. The molecule has 1 aromatic rings. The standard InChI is InChI=1S/C11H15Cl2N5O2S/c1-6(2)21(19,20)9(14)8(5-15-3)17-10-7(12)4-16-11(13)18-10/h4-6H,14H2,1-3H3,(H,16,17,18). The van der Waals surface area contributed by atoms with Gasteiger partial charge < -0.3 is 11.1 Å². The van der Waals surface area contributed by atoms with E-state index in [1.54, 1.807) is 0 Å². The molecule has 7 nitrogen and oxygen atoms in total. The first kappa shape index (κ1) is 17.7. The summed E-state index contributed by atoms with van der Waals surface area (Å²) < 4.78 is 24.2. The molecular formula is C11H15Cl2N5O2S. The smallest absolute Gasteiger partial charge is 0.224 e. The van der Waals surface area contributed by atoms with Crippen molar-refractivity contribution in [2.45, 2.75) is 19.1 Å². The number of rotatable bonds is 5. The number of nitrogens with one attached hydrogen (secondary N) is 1. The molecule has 3 N–H and O–H groups in total. The summed E-state index contributed by atoms with van der Waals surface area (Å²) in [6.45, 7) is 3.05. The topological polar surface area (TPSA) is 110 Å². The van der Waals surface area contributed by atoms with Crippen LogP contribution in [-0.4, -0.2) is 36.9 Å². The van der Waals surface area contributed by atoms with Crippen LogP contribution in [0.25, 0.3) is 0 Å². The molecule has 0 unspecified atom stereocenters. The predicted octanol–water partition coefficient (Wildman–Crippen LogP) is 1.85. The molecule has 0 saturated heterocycles. The van der Waals surface area contributed by atoms with Crippen molar-refractivity contribution in [2.75, 3.05) is 12.4 Å². The van der Waals surface area contributed by atoms with Gasteiger partial charge in [-0.15, -0.1) is 0 Å². The van der Waals surface area contributed by atoms with Gasteiger partial charge in [0.05, 0.1) is 17.1 Å². The van der Waals surface area contributed by atoms with E-state index in [9.17, 15) is 8.42 Å². The molecule has 0 fully saturated rings. The first-order valence-electron chi connectivity index (χ1n) is 5.81. The zero-order chi connectivity index (χ0) is 16.2. The molecule has 1 rings (SSSR count). The fraction of sp³-hybridized carbons (Fsp3) is 0.364. The SMILES string of the molecule is CN=CC(Nc1nc(Cl)ncc1Cl)=C(N)S(=O)(=O)C(C)C. The summed E-state index contributed by atoms with van der Waals surface area (Å²) in [6.07, 6.45) is 2.55. The minimum absolute atomic E-state index is 0.0417. The highest BCUT2D eigenvalue weighted by Crippen LogP contribution is 2.22. The number of hydrogen-bond acceptors (Lipinski definition) is 7. The molecule has 0 aliphatic rings. The number of anilines is 1. The van der Waals surface area contributed by atoms with Crippen molar-refractivity contribution in [3.05, 3.63) is 27.2 Å². The number of hydrogen-bond donors (Lipinski definition) is 2. The highest BCUT2D eigenvalue weighted by Gasteiger charge is 2.23. The van der Waals surface area contributed by atoms with E-state index in [4.69, 9.17) is 28.9 Å². The molecule has 21 heavy (non-hydrogen) atoms. The summed E-state index contributed by atoms with van der Waals surface area (Å²) in [5, 5.41) is 1.80. The molecule has 1 heterocycles. The third-order valence-electron chi connectivity index (χ3n) is 2.42. The minimum Gasteiger partial charge on any atom is -0.388 e. The molecule has 0 aliphatic heterocycles. The number of nitrogens with two attached hydrogens (primary N) is 1. The molecule has 10 heteroatoms. The minimum atomic E-state index is -3.66. The number of nitrogens with zero attached hydrogens (tertiary/aromatic N) is 3. The maximum Gasteiger partial charge on any atom is 0.224 e. The van der Waals surface area contributed by atoms with Gasteiger partial charge in [-0.1, -0.05) is 11.6 Å². The molecule has 0 spiro atoms. The molecule has 0 atom stereocenters. The molecule has 0 amide bonds. The van der Waals surface area contributed by atoms with Gasteiger partial charge in [0, 0.05) is 13.3 Å². The second-order valence-electron chi connectivity index (χ2n) is 4.22. The van der Waals surface area contributed by atoms with Crippen molar-refractivity contribution >= 4 is 45.1 Å². The largest absolute Gasteiger partial charge is 0.388 e. The molecule has 0 aromatic carbocycles. The van der Waals surface area contributed by atoms with E-state index in [1.807, 2.05) is 0 Å². The maximum atomic E-state index is 12.1. The van der Waals surface area contributed by atoms with Crippen LogP contribution in [-0.2, 0) is 9.84 Å². The normalized spacial score (nSPS) is 13.6. The quantitative estimate of drug-likeness (QED) is 0.618. The van der Waals surface area contributed by atoms with Crippen LogP contribution < -0.4 is 11.1 Å². The van der Waals surface area contributed by atoms with Crippen molar-refractivity contribution < 1.29 is 8.42 Å². The van der Waals surface area contributed by atoms with Crippen LogP contribution in [0.1, 0.15) is 13.8 Å². The van der Waals surface area contributed by atoms with Gasteiger partial charge >= 0.3 is 0 Å². The lowest BCUT2D eigenvalue weighted by molar-refractivity contribution is 0.593. The Morgan fingerprint density at radius 2 is 2.10 bits per heavy atom. The maximum absolute atomic E-state index is 12.1. The first-order chi connectivity index (χ1) is 9.70. The molecule has 0 saturated carbocycles. The summed E-state index contributed by atoms with van der Waals surface area (Å²) in [6, 6.07) is 0. The van der Waals surface area contributed by atoms with Gasteiger partial charge in [-0.2, -0.15) is 4.98 Å². The van der Waals surface area contributed by atoms with Gasteiger partial charge in [0.15, 0.2) is 20.7 Å². The van der Waals surface area contributed by atoms with E-state index in [1.165, 1.54) is 33.3 Å². The third-order valence-corrected chi connectivity index (χ3v) is 4.95. The van der Waals surface area contributed by atoms with E-state index in [0.717, 1.165) is 0 Å². The lowest BCUT2D eigenvalue weighted by atomic mass is 10.4. The second-order valence-corrected chi connectivity index (χ2v) is 7.44. The molecule has 0 aliphatic carbocycles. The van der Waals surface area contributed by atoms with Crippen LogP contribution in [0.15, 0.2) is 21.9 Å². The third kappa shape index (κ3) is 4.29. The number of allylic oxidation sites excluding steroid dienone is 1.